The van der Waals surface area contributed by atoms with Gasteiger partial charge in [-0.3, -0.25) is 4.79 Å². The summed E-state index contributed by atoms with van der Waals surface area (Å²) in [6.07, 6.45) is -10.5. The zero-order valence-corrected chi connectivity index (χ0v) is 16.2. The van der Waals surface area contributed by atoms with Crippen molar-refractivity contribution in [2.24, 2.45) is 0 Å². The largest absolute Gasteiger partial charge is 0.573 e. The summed E-state index contributed by atoms with van der Waals surface area (Å²) in [5.41, 5.74) is -4.63. The van der Waals surface area contributed by atoms with E-state index in [2.05, 4.69) is 9.47 Å². The Balaban J connectivity index is 2.44. The van der Waals surface area contributed by atoms with Gasteiger partial charge in [-0.25, -0.2) is 4.79 Å². The van der Waals surface area contributed by atoms with Crippen LogP contribution in [0.25, 0.3) is 0 Å². The number of anilines is 1. The predicted molar refractivity (Wildman–Crippen MR) is 96.5 cm³/mol. The van der Waals surface area contributed by atoms with Crippen LogP contribution in [0, 0.1) is 0 Å². The number of amides is 1. The Bertz CT molecular complexity index is 949. The van der Waals surface area contributed by atoms with E-state index in [1.54, 1.807) is 5.32 Å². The van der Waals surface area contributed by atoms with E-state index in [1.807, 2.05) is 0 Å². The first-order valence-corrected chi connectivity index (χ1v) is 8.53. The third-order valence-corrected chi connectivity index (χ3v) is 4.09. The van der Waals surface area contributed by atoms with E-state index in [-0.39, 0.29) is 10.6 Å². The molecule has 0 radical (unpaired) electrons. The molecule has 168 valence electrons. The fourth-order valence-electron chi connectivity index (χ4n) is 2.38. The fraction of sp³-hybridized carbons (Fsp3) is 0.222. The van der Waals surface area contributed by atoms with Crippen LogP contribution in [0.15, 0.2) is 48.5 Å². The Morgan fingerprint density at radius 3 is 2.00 bits per heavy atom. The summed E-state index contributed by atoms with van der Waals surface area (Å²) in [6, 6.07) is 8.13. The van der Waals surface area contributed by atoms with Gasteiger partial charge in [-0.05, 0) is 36.4 Å². The van der Waals surface area contributed by atoms with Crippen LogP contribution >= 0.6 is 11.6 Å². The Morgan fingerprint density at radius 2 is 1.52 bits per heavy atom. The first-order chi connectivity index (χ1) is 14.3. The van der Waals surface area contributed by atoms with Crippen LogP contribution in [0.4, 0.5) is 32.0 Å². The van der Waals surface area contributed by atoms with Gasteiger partial charge in [0.15, 0.2) is 0 Å². The van der Waals surface area contributed by atoms with Gasteiger partial charge in [0.05, 0.1) is 17.7 Å². The molecule has 1 amide bonds. The lowest BCUT2D eigenvalue weighted by molar-refractivity contribution is -0.274. The summed E-state index contributed by atoms with van der Waals surface area (Å²) in [5.74, 6) is -4.01. The SMILES string of the molecule is COC(=O)[C@@](NC(=O)c1ccccc1Cl)(Nc1ccc(OC(F)(F)F)cc1)C(F)(F)F. The lowest BCUT2D eigenvalue weighted by Crippen LogP contribution is -2.69. The first kappa shape index (κ1) is 24.1. The monoisotopic (exact) mass is 470 g/mol. The van der Waals surface area contributed by atoms with Crippen molar-refractivity contribution in [2.75, 3.05) is 12.4 Å². The molecule has 0 heterocycles. The molecule has 6 nitrogen and oxygen atoms in total. The van der Waals surface area contributed by atoms with Gasteiger partial charge in [-0.15, -0.1) is 13.2 Å². The molecule has 2 aromatic rings. The number of rotatable bonds is 6. The molecule has 2 N–H and O–H groups in total. The maximum atomic E-state index is 14.0. The number of methoxy groups -OCH3 is 1. The molecule has 13 heteroatoms. The van der Waals surface area contributed by atoms with Gasteiger partial charge in [0, 0.05) is 5.69 Å². The minimum Gasteiger partial charge on any atom is -0.466 e. The van der Waals surface area contributed by atoms with Gasteiger partial charge >= 0.3 is 24.2 Å². The number of carbonyl (C=O) groups excluding carboxylic acids is 2. The molecule has 0 aromatic heterocycles. The minimum atomic E-state index is -5.45. The van der Waals surface area contributed by atoms with Crippen molar-refractivity contribution in [3.63, 3.8) is 0 Å². The number of alkyl halides is 6. The highest BCUT2D eigenvalue weighted by Crippen LogP contribution is 2.34. The van der Waals surface area contributed by atoms with Gasteiger partial charge in [-0.2, -0.15) is 13.2 Å². The Hall–Kier alpha value is -3.15. The number of ether oxygens (including phenoxy) is 2. The maximum Gasteiger partial charge on any atom is 0.573 e. The number of halogens is 7. The summed E-state index contributed by atoms with van der Waals surface area (Å²) >= 11 is 5.82. The van der Waals surface area contributed by atoms with Crippen LogP contribution < -0.4 is 15.4 Å². The van der Waals surface area contributed by atoms with Crippen LogP contribution in [0.3, 0.4) is 0 Å². The Kier molecular flexibility index (Phi) is 6.94. The number of esters is 1. The number of carbonyl (C=O) groups is 2. The fourth-order valence-corrected chi connectivity index (χ4v) is 2.60. The Morgan fingerprint density at radius 1 is 0.935 bits per heavy atom. The molecule has 1 atom stereocenters. The van der Waals surface area contributed by atoms with Gasteiger partial charge in [0.2, 0.25) is 0 Å². The molecular formula is C18H13ClF6N2O4. The smallest absolute Gasteiger partial charge is 0.466 e. The summed E-state index contributed by atoms with van der Waals surface area (Å²) < 4.78 is 86.6. The zero-order chi connectivity index (χ0) is 23.4. The van der Waals surface area contributed by atoms with Crippen molar-refractivity contribution < 1.29 is 45.4 Å². The highest BCUT2D eigenvalue weighted by molar-refractivity contribution is 6.33. The third kappa shape index (κ3) is 5.72. The van der Waals surface area contributed by atoms with E-state index in [4.69, 9.17) is 11.6 Å². The standard InChI is InChI=1S/C18H13ClF6N2O4/c1-30-15(29)16(17(20,21)22,27-14(28)12-4-2-3-5-13(12)19)26-10-6-8-11(9-7-10)31-18(23,24)25/h2-9,26H,1H3,(H,27,28)/t16-/m0/s1. The van der Waals surface area contributed by atoms with Crippen molar-refractivity contribution in [3.05, 3.63) is 59.1 Å². The molecule has 0 bridgehead atoms. The predicted octanol–water partition coefficient (Wildman–Crippen LogP) is 4.51. The molecule has 0 saturated carbocycles. The highest BCUT2D eigenvalue weighted by atomic mass is 35.5. The molecule has 0 aliphatic heterocycles. The van der Waals surface area contributed by atoms with Gasteiger partial charge in [-0.1, -0.05) is 23.7 Å². The van der Waals surface area contributed by atoms with Crippen molar-refractivity contribution in [1.82, 2.24) is 5.32 Å². The second-order valence-corrected chi connectivity index (χ2v) is 6.28. The van der Waals surface area contributed by atoms with Crippen molar-refractivity contribution in [2.45, 2.75) is 18.2 Å². The zero-order valence-electron chi connectivity index (χ0n) is 15.4. The van der Waals surface area contributed by atoms with Gasteiger partial charge in [0.25, 0.3) is 5.91 Å². The maximum absolute atomic E-state index is 14.0. The van der Waals surface area contributed by atoms with Crippen LogP contribution in [0.1, 0.15) is 10.4 Å². The van der Waals surface area contributed by atoms with E-state index in [0.717, 1.165) is 18.2 Å². The van der Waals surface area contributed by atoms with Crippen molar-refractivity contribution in [3.8, 4) is 5.75 Å². The number of benzene rings is 2. The second kappa shape index (κ2) is 8.92. The summed E-state index contributed by atoms with van der Waals surface area (Å²) in [7, 11) is 0.659. The molecule has 0 aliphatic rings. The van der Waals surface area contributed by atoms with Crippen molar-refractivity contribution >= 4 is 29.2 Å². The lowest BCUT2D eigenvalue weighted by atomic mass is 10.1. The molecule has 0 saturated heterocycles. The summed E-state index contributed by atoms with van der Waals surface area (Å²) in [4.78, 5) is 24.6. The number of hydrogen-bond donors (Lipinski definition) is 2. The van der Waals surface area contributed by atoms with Gasteiger partial charge < -0.3 is 20.1 Å². The van der Waals surface area contributed by atoms with Crippen LogP contribution in [0.2, 0.25) is 5.02 Å². The molecule has 2 aromatic carbocycles. The molecular weight excluding hydrogens is 458 g/mol. The van der Waals surface area contributed by atoms with Crippen molar-refractivity contribution in [1.29, 1.82) is 0 Å². The van der Waals surface area contributed by atoms with E-state index < -0.39 is 41.5 Å². The molecule has 0 unspecified atom stereocenters. The average Bonchev–Trinajstić information content (AvgIpc) is 2.66. The third-order valence-electron chi connectivity index (χ3n) is 3.76. The molecule has 0 fully saturated rings. The quantitative estimate of drug-likeness (QED) is 0.369. The minimum absolute atomic E-state index is 0.186. The number of hydrogen-bond acceptors (Lipinski definition) is 5. The summed E-state index contributed by atoms with van der Waals surface area (Å²) in [5, 5.41) is 3.13. The molecule has 0 aliphatic carbocycles. The van der Waals surface area contributed by atoms with Crippen LogP contribution in [-0.4, -0.2) is 37.2 Å². The molecule has 2 rings (SSSR count). The number of nitrogens with one attached hydrogen (secondary N) is 2. The average molecular weight is 471 g/mol. The van der Waals surface area contributed by atoms with Gasteiger partial charge in [0.1, 0.15) is 5.75 Å². The molecule has 0 spiro atoms. The normalized spacial score (nSPS) is 13.7. The molecule has 31 heavy (non-hydrogen) atoms. The first-order valence-electron chi connectivity index (χ1n) is 8.15. The summed E-state index contributed by atoms with van der Waals surface area (Å²) in [6.45, 7) is 0. The van der Waals surface area contributed by atoms with E-state index in [0.29, 0.717) is 19.2 Å². The van der Waals surface area contributed by atoms with Crippen LogP contribution in [0.5, 0.6) is 5.75 Å². The van der Waals surface area contributed by atoms with Crippen LogP contribution in [-0.2, 0) is 9.53 Å². The lowest BCUT2D eigenvalue weighted by Gasteiger charge is -2.35. The topological polar surface area (TPSA) is 76.7 Å². The second-order valence-electron chi connectivity index (χ2n) is 5.87. The van der Waals surface area contributed by atoms with E-state index >= 15 is 0 Å². The van der Waals surface area contributed by atoms with E-state index in [1.165, 1.54) is 23.5 Å². The highest BCUT2D eigenvalue weighted by Gasteiger charge is 2.63. The Labute approximate surface area is 176 Å². The van der Waals surface area contributed by atoms with E-state index in [9.17, 15) is 35.9 Å².